The van der Waals surface area contributed by atoms with E-state index in [0.717, 1.165) is 17.5 Å². The number of amides is 2. The van der Waals surface area contributed by atoms with Gasteiger partial charge in [-0.3, -0.25) is 9.59 Å². The first-order valence-electron chi connectivity index (χ1n) is 9.33. The number of benzene rings is 2. The lowest BCUT2D eigenvalue weighted by Gasteiger charge is -2.30. The highest BCUT2D eigenvalue weighted by atomic mass is 35.5. The second kappa shape index (κ2) is 11.5. The fraction of sp³-hybridized carbons (Fsp3) is 0.364. The van der Waals surface area contributed by atoms with Gasteiger partial charge < -0.3 is 15.0 Å². The summed E-state index contributed by atoms with van der Waals surface area (Å²) >= 11 is 5.96. The van der Waals surface area contributed by atoms with Crippen LogP contribution in [0.4, 0.5) is 0 Å². The first-order chi connectivity index (χ1) is 13.5. The van der Waals surface area contributed by atoms with E-state index in [0.29, 0.717) is 31.1 Å². The number of hydrogen-bond acceptors (Lipinski definition) is 3. The molecular weight excluding hydrogens is 376 g/mol. The van der Waals surface area contributed by atoms with Gasteiger partial charge in [0.2, 0.25) is 11.8 Å². The van der Waals surface area contributed by atoms with Gasteiger partial charge in [-0.05, 0) is 29.7 Å². The minimum Gasteiger partial charge on any atom is -0.385 e. The fourth-order valence-corrected chi connectivity index (χ4v) is 3.08. The highest BCUT2D eigenvalue weighted by Crippen LogP contribution is 2.16. The Morgan fingerprint density at radius 3 is 2.36 bits per heavy atom. The Labute approximate surface area is 171 Å². The number of carbonyl (C=O) groups is 2. The van der Waals surface area contributed by atoms with Crippen molar-refractivity contribution in [2.75, 3.05) is 20.3 Å². The standard InChI is InChI=1S/C22H27ClN2O3/c1-17(26)25(16-19-9-11-20(23)12-10-19)21(15-18-7-4-3-5-8-18)22(27)24-13-6-14-28-2/h3-5,7-12,21H,6,13-16H2,1-2H3,(H,24,27). The van der Waals surface area contributed by atoms with Gasteiger partial charge in [-0.15, -0.1) is 0 Å². The van der Waals surface area contributed by atoms with Crippen LogP contribution in [0, 0.1) is 0 Å². The minimum atomic E-state index is -0.599. The van der Waals surface area contributed by atoms with Crippen molar-refractivity contribution in [3.8, 4) is 0 Å². The molecule has 2 aromatic rings. The monoisotopic (exact) mass is 402 g/mol. The summed E-state index contributed by atoms with van der Waals surface area (Å²) in [4.78, 5) is 27.0. The maximum Gasteiger partial charge on any atom is 0.243 e. The third-order valence-corrected chi connectivity index (χ3v) is 4.70. The van der Waals surface area contributed by atoms with Crippen LogP contribution >= 0.6 is 11.6 Å². The van der Waals surface area contributed by atoms with E-state index in [1.165, 1.54) is 6.92 Å². The summed E-state index contributed by atoms with van der Waals surface area (Å²) in [5.74, 6) is -0.313. The lowest BCUT2D eigenvalue weighted by Crippen LogP contribution is -2.50. The van der Waals surface area contributed by atoms with Gasteiger partial charge in [0.15, 0.2) is 0 Å². The van der Waals surface area contributed by atoms with Crippen molar-refractivity contribution in [1.29, 1.82) is 0 Å². The normalized spacial score (nSPS) is 11.7. The largest absolute Gasteiger partial charge is 0.385 e. The van der Waals surface area contributed by atoms with E-state index in [4.69, 9.17) is 16.3 Å². The first-order valence-corrected chi connectivity index (χ1v) is 9.71. The molecular formula is C22H27ClN2O3. The second-order valence-electron chi connectivity index (χ2n) is 6.62. The van der Waals surface area contributed by atoms with E-state index in [1.807, 2.05) is 42.5 Å². The molecule has 28 heavy (non-hydrogen) atoms. The van der Waals surface area contributed by atoms with Crippen LogP contribution in [0.1, 0.15) is 24.5 Å². The summed E-state index contributed by atoms with van der Waals surface area (Å²) in [6.45, 7) is 2.91. The SMILES string of the molecule is COCCCNC(=O)C(Cc1ccccc1)N(Cc1ccc(Cl)cc1)C(C)=O. The fourth-order valence-electron chi connectivity index (χ4n) is 2.96. The zero-order chi connectivity index (χ0) is 20.4. The maximum absolute atomic E-state index is 12.9. The third-order valence-electron chi connectivity index (χ3n) is 4.45. The van der Waals surface area contributed by atoms with Gasteiger partial charge in [-0.1, -0.05) is 54.1 Å². The lowest BCUT2D eigenvalue weighted by atomic mass is 10.0. The average Bonchev–Trinajstić information content (AvgIpc) is 2.70. The number of nitrogens with one attached hydrogen (secondary N) is 1. The molecule has 0 radical (unpaired) electrons. The summed E-state index contributed by atoms with van der Waals surface area (Å²) in [5.41, 5.74) is 1.92. The quantitative estimate of drug-likeness (QED) is 0.619. The van der Waals surface area contributed by atoms with Crippen LogP contribution < -0.4 is 5.32 Å². The van der Waals surface area contributed by atoms with Gasteiger partial charge in [0.25, 0.3) is 0 Å². The van der Waals surface area contributed by atoms with Crippen LogP contribution in [0.3, 0.4) is 0 Å². The topological polar surface area (TPSA) is 58.6 Å². The Hall–Kier alpha value is -2.37. The second-order valence-corrected chi connectivity index (χ2v) is 7.05. The van der Waals surface area contributed by atoms with Gasteiger partial charge in [-0.2, -0.15) is 0 Å². The molecule has 0 aromatic heterocycles. The molecule has 0 aliphatic carbocycles. The van der Waals surface area contributed by atoms with E-state index >= 15 is 0 Å². The van der Waals surface area contributed by atoms with E-state index in [-0.39, 0.29) is 11.8 Å². The predicted octanol–water partition coefficient (Wildman–Crippen LogP) is 3.45. The molecule has 0 saturated carbocycles. The zero-order valence-corrected chi connectivity index (χ0v) is 17.1. The summed E-state index contributed by atoms with van der Waals surface area (Å²) in [5, 5.41) is 3.57. The molecule has 2 amide bonds. The molecule has 0 fully saturated rings. The van der Waals surface area contributed by atoms with Crippen molar-refractivity contribution in [3.63, 3.8) is 0 Å². The van der Waals surface area contributed by atoms with Crippen molar-refractivity contribution >= 4 is 23.4 Å². The van der Waals surface area contributed by atoms with E-state index in [1.54, 1.807) is 24.1 Å². The molecule has 5 nitrogen and oxygen atoms in total. The molecule has 0 saturated heterocycles. The molecule has 0 heterocycles. The zero-order valence-electron chi connectivity index (χ0n) is 16.4. The van der Waals surface area contributed by atoms with Crippen molar-refractivity contribution in [2.45, 2.75) is 32.4 Å². The van der Waals surface area contributed by atoms with Crippen molar-refractivity contribution in [3.05, 3.63) is 70.7 Å². The molecule has 2 aromatic carbocycles. The lowest BCUT2D eigenvalue weighted by molar-refractivity contribution is -0.139. The minimum absolute atomic E-state index is 0.150. The Balaban J connectivity index is 2.20. The smallest absolute Gasteiger partial charge is 0.243 e. The van der Waals surface area contributed by atoms with Crippen molar-refractivity contribution in [1.82, 2.24) is 10.2 Å². The number of carbonyl (C=O) groups excluding carboxylic acids is 2. The van der Waals surface area contributed by atoms with E-state index in [9.17, 15) is 9.59 Å². The molecule has 0 aliphatic heterocycles. The Morgan fingerprint density at radius 2 is 1.75 bits per heavy atom. The van der Waals surface area contributed by atoms with Crippen LogP contribution in [-0.4, -0.2) is 43.0 Å². The van der Waals surface area contributed by atoms with Crippen molar-refractivity contribution in [2.24, 2.45) is 0 Å². The molecule has 150 valence electrons. The number of methoxy groups -OCH3 is 1. The number of halogens is 1. The van der Waals surface area contributed by atoms with Gasteiger partial charge in [0.05, 0.1) is 0 Å². The van der Waals surface area contributed by atoms with Crippen LogP contribution in [0.5, 0.6) is 0 Å². The van der Waals surface area contributed by atoms with Gasteiger partial charge in [0.1, 0.15) is 6.04 Å². The molecule has 1 N–H and O–H groups in total. The van der Waals surface area contributed by atoms with Gasteiger partial charge >= 0.3 is 0 Å². The molecule has 1 atom stereocenters. The van der Waals surface area contributed by atoms with Crippen molar-refractivity contribution < 1.29 is 14.3 Å². The van der Waals surface area contributed by atoms with Crippen LogP contribution in [-0.2, 0) is 27.3 Å². The van der Waals surface area contributed by atoms with E-state index in [2.05, 4.69) is 5.32 Å². The van der Waals surface area contributed by atoms with Gasteiger partial charge in [-0.25, -0.2) is 0 Å². The van der Waals surface area contributed by atoms with E-state index < -0.39 is 6.04 Å². The molecule has 2 rings (SSSR count). The number of nitrogens with zero attached hydrogens (tertiary/aromatic N) is 1. The molecule has 0 spiro atoms. The van der Waals surface area contributed by atoms with Crippen LogP contribution in [0.25, 0.3) is 0 Å². The Bertz CT molecular complexity index is 750. The highest BCUT2D eigenvalue weighted by Gasteiger charge is 2.28. The number of rotatable bonds is 10. The molecule has 6 heteroatoms. The number of ether oxygens (including phenoxy) is 1. The summed E-state index contributed by atoms with van der Waals surface area (Å²) in [7, 11) is 1.63. The predicted molar refractivity (Wildman–Crippen MR) is 111 cm³/mol. The summed E-state index contributed by atoms with van der Waals surface area (Å²) in [6.07, 6.45) is 1.17. The number of hydrogen-bond donors (Lipinski definition) is 1. The van der Waals surface area contributed by atoms with Crippen LogP contribution in [0.15, 0.2) is 54.6 Å². The third kappa shape index (κ3) is 6.98. The Kier molecular flexibility index (Phi) is 8.98. The average molecular weight is 403 g/mol. The molecule has 0 bridgehead atoms. The van der Waals surface area contributed by atoms with Crippen LogP contribution in [0.2, 0.25) is 5.02 Å². The summed E-state index contributed by atoms with van der Waals surface area (Å²) in [6, 6.07) is 16.4. The molecule has 0 aliphatic rings. The van der Waals surface area contributed by atoms with Gasteiger partial charge in [0, 0.05) is 45.2 Å². The highest BCUT2D eigenvalue weighted by molar-refractivity contribution is 6.30. The summed E-state index contributed by atoms with van der Waals surface area (Å²) < 4.78 is 5.03. The molecule has 1 unspecified atom stereocenters. The first kappa shape index (κ1) is 21.9. The Morgan fingerprint density at radius 1 is 1.07 bits per heavy atom. The maximum atomic E-state index is 12.9.